The second-order valence-corrected chi connectivity index (χ2v) is 3.92. The van der Waals surface area contributed by atoms with Gasteiger partial charge in [-0.25, -0.2) is 0 Å². The molecule has 0 radical (unpaired) electrons. The van der Waals surface area contributed by atoms with Gasteiger partial charge in [-0.05, 0) is 31.6 Å². The number of rotatable bonds is 8. The highest BCUT2D eigenvalue weighted by Crippen LogP contribution is 2.03. The zero-order chi connectivity index (χ0) is 9.23. The number of ether oxygens (including phenoxy) is 1. The zero-order valence-corrected chi connectivity index (χ0v) is 9.07. The van der Waals surface area contributed by atoms with E-state index in [1.807, 2.05) is 0 Å². The van der Waals surface area contributed by atoms with E-state index >= 15 is 0 Å². The molecule has 0 bridgehead atoms. The molecule has 12 heavy (non-hydrogen) atoms. The summed E-state index contributed by atoms with van der Waals surface area (Å²) in [5.41, 5.74) is 0. The zero-order valence-electron chi connectivity index (χ0n) is 8.31. The van der Waals surface area contributed by atoms with Crippen LogP contribution in [0.1, 0.15) is 39.5 Å². The van der Waals surface area contributed by atoms with Gasteiger partial charge in [0, 0.05) is 19.1 Å². The first kappa shape index (κ1) is 12.2. The number of hydrogen-bond acceptors (Lipinski definition) is 1. The van der Waals surface area contributed by atoms with Crippen LogP contribution in [0.15, 0.2) is 0 Å². The van der Waals surface area contributed by atoms with Gasteiger partial charge >= 0.3 is 0 Å². The lowest BCUT2D eigenvalue weighted by molar-refractivity contribution is 0.125. The van der Waals surface area contributed by atoms with Crippen molar-refractivity contribution in [1.29, 1.82) is 0 Å². The number of hydrogen-bond donors (Lipinski definition) is 0. The number of unbranched alkanes of at least 4 members (excludes halogenated alkanes) is 1. The van der Waals surface area contributed by atoms with E-state index < -0.39 is 0 Å². The van der Waals surface area contributed by atoms with Crippen LogP contribution >= 0.6 is 11.6 Å². The normalized spacial score (nSPS) is 11.0. The molecule has 0 heterocycles. The highest BCUT2D eigenvalue weighted by atomic mass is 35.5. The van der Waals surface area contributed by atoms with Crippen molar-refractivity contribution >= 4 is 11.6 Å². The van der Waals surface area contributed by atoms with E-state index in [1.165, 1.54) is 12.8 Å². The molecular weight excluding hydrogens is 172 g/mol. The lowest BCUT2D eigenvalue weighted by atomic mass is 10.1. The van der Waals surface area contributed by atoms with Crippen molar-refractivity contribution < 1.29 is 4.74 Å². The summed E-state index contributed by atoms with van der Waals surface area (Å²) in [5, 5.41) is 0. The van der Waals surface area contributed by atoms with Crippen molar-refractivity contribution in [2.24, 2.45) is 5.92 Å². The molecule has 0 aromatic rings. The van der Waals surface area contributed by atoms with Crippen molar-refractivity contribution in [3.05, 3.63) is 0 Å². The quantitative estimate of drug-likeness (QED) is 0.423. The minimum absolute atomic E-state index is 0.759. The maximum Gasteiger partial charge on any atom is 0.0466 e. The molecule has 0 rings (SSSR count). The van der Waals surface area contributed by atoms with E-state index in [4.69, 9.17) is 16.3 Å². The Kier molecular flexibility index (Phi) is 9.53. The van der Waals surface area contributed by atoms with E-state index in [9.17, 15) is 0 Å². The molecule has 0 amide bonds. The van der Waals surface area contributed by atoms with Crippen molar-refractivity contribution in [3.63, 3.8) is 0 Å². The average Bonchev–Trinajstić information content (AvgIpc) is 2.02. The summed E-state index contributed by atoms with van der Waals surface area (Å²) >= 11 is 5.53. The molecule has 0 N–H and O–H groups in total. The second kappa shape index (κ2) is 9.34. The van der Waals surface area contributed by atoms with Crippen molar-refractivity contribution in [2.75, 3.05) is 19.1 Å². The van der Waals surface area contributed by atoms with Gasteiger partial charge in [-0.15, -0.1) is 11.6 Å². The van der Waals surface area contributed by atoms with Gasteiger partial charge < -0.3 is 4.74 Å². The molecule has 0 aliphatic heterocycles. The fourth-order valence-corrected chi connectivity index (χ4v) is 1.18. The molecule has 0 aromatic carbocycles. The minimum atomic E-state index is 0.759. The second-order valence-electron chi connectivity index (χ2n) is 3.54. The highest BCUT2D eigenvalue weighted by Gasteiger charge is 1.93. The maximum atomic E-state index is 5.53. The highest BCUT2D eigenvalue weighted by molar-refractivity contribution is 6.17. The molecular formula is C10H21ClO. The third-order valence-corrected chi connectivity index (χ3v) is 2.01. The minimum Gasteiger partial charge on any atom is -0.381 e. The summed E-state index contributed by atoms with van der Waals surface area (Å²) in [4.78, 5) is 0. The Balaban J connectivity index is 2.82. The molecule has 0 saturated heterocycles. The first-order valence-corrected chi connectivity index (χ1v) is 5.44. The molecule has 0 unspecified atom stereocenters. The van der Waals surface area contributed by atoms with Crippen LogP contribution in [-0.2, 0) is 4.74 Å². The van der Waals surface area contributed by atoms with Gasteiger partial charge in [0.1, 0.15) is 0 Å². The van der Waals surface area contributed by atoms with Crippen LogP contribution in [0.25, 0.3) is 0 Å². The topological polar surface area (TPSA) is 9.23 Å². The van der Waals surface area contributed by atoms with Crippen LogP contribution in [0.5, 0.6) is 0 Å². The monoisotopic (exact) mass is 192 g/mol. The van der Waals surface area contributed by atoms with Gasteiger partial charge in [-0.3, -0.25) is 0 Å². The summed E-state index contributed by atoms with van der Waals surface area (Å²) < 4.78 is 5.43. The van der Waals surface area contributed by atoms with Crippen LogP contribution in [0.4, 0.5) is 0 Å². The first-order valence-electron chi connectivity index (χ1n) is 4.91. The van der Waals surface area contributed by atoms with E-state index in [2.05, 4.69) is 13.8 Å². The first-order chi connectivity index (χ1) is 5.77. The van der Waals surface area contributed by atoms with Gasteiger partial charge in [-0.2, -0.15) is 0 Å². The van der Waals surface area contributed by atoms with Crippen molar-refractivity contribution in [2.45, 2.75) is 39.5 Å². The maximum absolute atomic E-state index is 5.53. The Hall–Kier alpha value is 0.250. The molecule has 0 spiro atoms. The van der Waals surface area contributed by atoms with E-state index in [1.54, 1.807) is 0 Å². The average molecular weight is 193 g/mol. The van der Waals surface area contributed by atoms with Gasteiger partial charge in [0.05, 0.1) is 0 Å². The third kappa shape index (κ3) is 10.2. The number of halogens is 1. The molecule has 0 aromatic heterocycles. The summed E-state index contributed by atoms with van der Waals surface area (Å²) in [6.45, 7) is 6.28. The summed E-state index contributed by atoms with van der Waals surface area (Å²) in [6.07, 6.45) is 4.64. The molecule has 0 fully saturated rings. The fraction of sp³-hybridized carbons (Fsp3) is 1.00. The Labute approximate surface area is 81.4 Å². The standard InChI is InChI=1S/C10H21ClO/c1-10(2)6-5-9-12-8-4-3-7-11/h10H,3-9H2,1-2H3. The molecule has 0 aliphatic carbocycles. The lowest BCUT2D eigenvalue weighted by Crippen LogP contribution is -1.99. The fourth-order valence-electron chi connectivity index (χ4n) is 0.994. The summed E-state index contributed by atoms with van der Waals surface area (Å²) in [6, 6.07) is 0. The molecule has 0 aliphatic rings. The van der Waals surface area contributed by atoms with Gasteiger partial charge in [0.25, 0.3) is 0 Å². The van der Waals surface area contributed by atoms with Crippen LogP contribution < -0.4 is 0 Å². The van der Waals surface area contributed by atoms with E-state index in [-0.39, 0.29) is 0 Å². The predicted octanol–water partition coefficient (Wildman–Crippen LogP) is 3.46. The summed E-state index contributed by atoms with van der Waals surface area (Å²) in [5.74, 6) is 1.56. The Bertz CT molecular complexity index is 83.9. The van der Waals surface area contributed by atoms with E-state index in [0.717, 1.165) is 37.9 Å². The van der Waals surface area contributed by atoms with Gasteiger partial charge in [0.2, 0.25) is 0 Å². The predicted molar refractivity (Wildman–Crippen MR) is 54.8 cm³/mol. The van der Waals surface area contributed by atoms with Crippen LogP contribution in [-0.4, -0.2) is 19.1 Å². The SMILES string of the molecule is CC(C)CCCOCCCCCl. The van der Waals surface area contributed by atoms with Crippen molar-refractivity contribution in [1.82, 2.24) is 0 Å². The molecule has 1 nitrogen and oxygen atoms in total. The Morgan fingerprint density at radius 1 is 1.08 bits per heavy atom. The van der Waals surface area contributed by atoms with Crippen LogP contribution in [0, 0.1) is 5.92 Å². The molecule has 74 valence electrons. The third-order valence-electron chi connectivity index (χ3n) is 1.74. The van der Waals surface area contributed by atoms with Gasteiger partial charge in [0.15, 0.2) is 0 Å². The smallest absolute Gasteiger partial charge is 0.0466 e. The van der Waals surface area contributed by atoms with E-state index in [0.29, 0.717) is 0 Å². The molecule has 0 atom stereocenters. The van der Waals surface area contributed by atoms with Gasteiger partial charge in [-0.1, -0.05) is 13.8 Å². The Morgan fingerprint density at radius 3 is 2.33 bits per heavy atom. The summed E-state index contributed by atoms with van der Waals surface area (Å²) in [7, 11) is 0. The van der Waals surface area contributed by atoms with Crippen LogP contribution in [0.2, 0.25) is 0 Å². The van der Waals surface area contributed by atoms with Crippen LogP contribution in [0.3, 0.4) is 0 Å². The molecule has 0 saturated carbocycles. The Morgan fingerprint density at radius 2 is 1.75 bits per heavy atom. The number of alkyl halides is 1. The lowest BCUT2D eigenvalue weighted by Gasteiger charge is -2.05. The molecule has 2 heteroatoms. The largest absolute Gasteiger partial charge is 0.381 e. The van der Waals surface area contributed by atoms with Crippen molar-refractivity contribution in [3.8, 4) is 0 Å².